The van der Waals surface area contributed by atoms with Crippen molar-refractivity contribution in [1.29, 1.82) is 0 Å². The first-order chi connectivity index (χ1) is 11.1. The Labute approximate surface area is 139 Å². The van der Waals surface area contributed by atoms with E-state index >= 15 is 0 Å². The molecule has 1 saturated carbocycles. The molecule has 3 nitrogen and oxygen atoms in total. The van der Waals surface area contributed by atoms with Crippen molar-refractivity contribution in [2.75, 3.05) is 12.4 Å². The first-order valence-corrected chi connectivity index (χ1v) is 7.84. The highest BCUT2D eigenvalue weighted by Crippen LogP contribution is 2.42. The van der Waals surface area contributed by atoms with Crippen molar-refractivity contribution in [3.63, 3.8) is 0 Å². The number of amides is 1. The van der Waals surface area contributed by atoms with Crippen molar-refractivity contribution in [3.8, 4) is 5.75 Å². The summed E-state index contributed by atoms with van der Waals surface area (Å²) in [7, 11) is 1.55. The Kier molecular flexibility index (Phi) is 4.53. The van der Waals surface area contributed by atoms with Gasteiger partial charge in [0.1, 0.15) is 11.6 Å². The number of anilines is 1. The zero-order valence-electron chi connectivity index (χ0n) is 12.7. The first-order valence-electron chi connectivity index (χ1n) is 7.46. The Morgan fingerprint density at radius 2 is 1.91 bits per heavy atom. The van der Waals surface area contributed by atoms with E-state index in [1.165, 1.54) is 12.1 Å². The molecule has 0 saturated heterocycles. The summed E-state index contributed by atoms with van der Waals surface area (Å²) in [5.41, 5.74) is 1.66. The average molecular weight is 334 g/mol. The van der Waals surface area contributed by atoms with Crippen LogP contribution in [-0.2, 0) is 4.79 Å². The molecule has 1 N–H and O–H groups in total. The highest BCUT2D eigenvalue weighted by Gasteiger charge is 2.35. The SMILES string of the molecule is COc1ccc(Cl)cc1NC(=O)C1CC(c2ccc(F)cc2)C1. The molecular formula is C18H17ClFNO2. The van der Waals surface area contributed by atoms with E-state index in [9.17, 15) is 9.18 Å². The van der Waals surface area contributed by atoms with Crippen LogP contribution in [0.4, 0.5) is 10.1 Å². The van der Waals surface area contributed by atoms with E-state index in [1.807, 2.05) is 0 Å². The van der Waals surface area contributed by atoms with Crippen molar-refractivity contribution in [2.45, 2.75) is 18.8 Å². The number of rotatable bonds is 4. The molecule has 0 spiro atoms. The fourth-order valence-corrected chi connectivity index (χ4v) is 3.02. The van der Waals surface area contributed by atoms with Crippen molar-refractivity contribution in [1.82, 2.24) is 0 Å². The normalized spacial score (nSPS) is 19.8. The van der Waals surface area contributed by atoms with E-state index in [-0.39, 0.29) is 17.6 Å². The number of carbonyl (C=O) groups is 1. The third-order valence-corrected chi connectivity index (χ3v) is 4.50. The van der Waals surface area contributed by atoms with Gasteiger partial charge in [0.05, 0.1) is 12.8 Å². The first kappa shape index (κ1) is 15.8. The van der Waals surface area contributed by atoms with Crippen LogP contribution in [0.3, 0.4) is 0 Å². The van der Waals surface area contributed by atoms with Gasteiger partial charge >= 0.3 is 0 Å². The van der Waals surface area contributed by atoms with Gasteiger partial charge in [-0.1, -0.05) is 23.7 Å². The molecule has 0 heterocycles. The summed E-state index contributed by atoms with van der Waals surface area (Å²) in [6.07, 6.45) is 1.53. The minimum Gasteiger partial charge on any atom is -0.495 e. The van der Waals surface area contributed by atoms with E-state index in [4.69, 9.17) is 16.3 Å². The number of hydrogen-bond donors (Lipinski definition) is 1. The highest BCUT2D eigenvalue weighted by atomic mass is 35.5. The Morgan fingerprint density at radius 3 is 2.57 bits per heavy atom. The van der Waals surface area contributed by atoms with Crippen LogP contribution in [0.25, 0.3) is 0 Å². The lowest BCUT2D eigenvalue weighted by Crippen LogP contribution is -2.33. The van der Waals surface area contributed by atoms with Crippen LogP contribution in [0.1, 0.15) is 24.3 Å². The predicted molar refractivity (Wildman–Crippen MR) is 88.5 cm³/mol. The monoisotopic (exact) mass is 333 g/mol. The number of benzene rings is 2. The topological polar surface area (TPSA) is 38.3 Å². The predicted octanol–water partition coefficient (Wildman–Crippen LogP) is 4.62. The van der Waals surface area contributed by atoms with Gasteiger partial charge < -0.3 is 10.1 Å². The Balaban J connectivity index is 1.61. The third-order valence-electron chi connectivity index (χ3n) is 4.27. The maximum absolute atomic E-state index is 12.9. The van der Waals surface area contributed by atoms with Gasteiger partial charge in [-0.15, -0.1) is 0 Å². The second-order valence-corrected chi connectivity index (χ2v) is 6.19. The summed E-state index contributed by atoms with van der Waals surface area (Å²) < 4.78 is 18.2. The van der Waals surface area contributed by atoms with Crippen LogP contribution < -0.4 is 10.1 Å². The molecule has 0 radical (unpaired) electrons. The molecule has 0 aromatic heterocycles. The Morgan fingerprint density at radius 1 is 1.22 bits per heavy atom. The van der Waals surface area contributed by atoms with Gasteiger partial charge in [0.15, 0.2) is 0 Å². The van der Waals surface area contributed by atoms with Crippen molar-refractivity contribution in [3.05, 3.63) is 58.9 Å². The average Bonchev–Trinajstić information content (AvgIpc) is 2.48. The lowest BCUT2D eigenvalue weighted by Gasteiger charge is -2.34. The van der Waals surface area contributed by atoms with Crippen LogP contribution in [0, 0.1) is 11.7 Å². The summed E-state index contributed by atoms with van der Waals surface area (Å²) in [5, 5.41) is 3.42. The molecule has 3 rings (SSSR count). The molecule has 1 aliphatic rings. The largest absolute Gasteiger partial charge is 0.495 e. The zero-order chi connectivity index (χ0) is 16.4. The fourth-order valence-electron chi connectivity index (χ4n) is 2.85. The molecular weight excluding hydrogens is 317 g/mol. The molecule has 1 fully saturated rings. The quantitative estimate of drug-likeness (QED) is 0.886. The number of nitrogens with one attached hydrogen (secondary N) is 1. The lowest BCUT2D eigenvalue weighted by molar-refractivity contribution is -0.122. The van der Waals surface area contributed by atoms with Crippen LogP contribution >= 0.6 is 11.6 Å². The molecule has 0 unspecified atom stereocenters. The summed E-state index contributed by atoms with van der Waals surface area (Å²) in [4.78, 5) is 12.3. The van der Waals surface area contributed by atoms with Gasteiger partial charge in [-0.2, -0.15) is 0 Å². The summed E-state index contributed by atoms with van der Waals surface area (Å²) in [6.45, 7) is 0. The molecule has 2 aromatic carbocycles. The van der Waals surface area contributed by atoms with Crippen molar-refractivity contribution < 1.29 is 13.9 Å². The molecule has 0 aliphatic heterocycles. The van der Waals surface area contributed by atoms with Gasteiger partial charge in [-0.3, -0.25) is 4.79 Å². The number of methoxy groups -OCH3 is 1. The van der Waals surface area contributed by atoms with Gasteiger partial charge in [0, 0.05) is 10.9 Å². The van der Waals surface area contributed by atoms with Gasteiger partial charge in [-0.25, -0.2) is 4.39 Å². The van der Waals surface area contributed by atoms with E-state index in [0.717, 1.165) is 18.4 Å². The van der Waals surface area contributed by atoms with E-state index in [0.29, 0.717) is 22.4 Å². The zero-order valence-corrected chi connectivity index (χ0v) is 13.4. The van der Waals surface area contributed by atoms with Crippen LogP contribution in [-0.4, -0.2) is 13.0 Å². The van der Waals surface area contributed by atoms with Crippen LogP contribution in [0.2, 0.25) is 5.02 Å². The second-order valence-electron chi connectivity index (χ2n) is 5.75. The van der Waals surface area contributed by atoms with E-state index in [2.05, 4.69) is 5.32 Å². The van der Waals surface area contributed by atoms with Crippen LogP contribution in [0.15, 0.2) is 42.5 Å². The van der Waals surface area contributed by atoms with Crippen LogP contribution in [0.5, 0.6) is 5.75 Å². The Bertz CT molecular complexity index is 711. The third kappa shape index (κ3) is 3.48. The molecule has 1 amide bonds. The van der Waals surface area contributed by atoms with E-state index in [1.54, 1.807) is 37.4 Å². The summed E-state index contributed by atoms with van der Waals surface area (Å²) >= 11 is 5.96. The van der Waals surface area contributed by atoms with Crippen molar-refractivity contribution in [2.24, 2.45) is 5.92 Å². The molecule has 0 atom stereocenters. The number of halogens is 2. The smallest absolute Gasteiger partial charge is 0.227 e. The molecule has 120 valence electrons. The van der Waals surface area contributed by atoms with Gasteiger partial charge in [0.25, 0.3) is 0 Å². The Hall–Kier alpha value is -2.07. The second kappa shape index (κ2) is 6.59. The minimum absolute atomic E-state index is 0.0380. The fraction of sp³-hybridized carbons (Fsp3) is 0.278. The molecule has 2 aromatic rings. The minimum atomic E-state index is -0.240. The highest BCUT2D eigenvalue weighted by molar-refractivity contribution is 6.31. The van der Waals surface area contributed by atoms with Gasteiger partial charge in [0.2, 0.25) is 5.91 Å². The number of hydrogen-bond acceptors (Lipinski definition) is 2. The molecule has 5 heteroatoms. The maximum Gasteiger partial charge on any atom is 0.227 e. The standard InChI is InChI=1S/C18H17ClFNO2/c1-23-17-7-4-14(19)10-16(17)21-18(22)13-8-12(9-13)11-2-5-15(20)6-3-11/h2-7,10,12-13H,8-9H2,1H3,(H,21,22). The molecule has 1 aliphatic carbocycles. The van der Waals surface area contributed by atoms with Gasteiger partial charge in [-0.05, 0) is 54.7 Å². The summed E-state index contributed by atoms with van der Waals surface area (Å²) in [5.74, 6) is 0.567. The molecule has 23 heavy (non-hydrogen) atoms. The van der Waals surface area contributed by atoms with Crippen molar-refractivity contribution >= 4 is 23.2 Å². The number of ether oxygens (including phenoxy) is 1. The lowest BCUT2D eigenvalue weighted by atomic mass is 9.71. The number of carbonyl (C=O) groups excluding carboxylic acids is 1. The van der Waals surface area contributed by atoms with E-state index < -0.39 is 0 Å². The summed E-state index contributed by atoms with van der Waals surface area (Å²) in [6, 6.07) is 11.6. The maximum atomic E-state index is 12.9. The molecule has 0 bridgehead atoms.